The van der Waals surface area contributed by atoms with E-state index in [0.29, 0.717) is 17.9 Å². The molecule has 0 spiro atoms. The van der Waals surface area contributed by atoms with Crippen LogP contribution in [0, 0.1) is 36.3 Å². The molecule has 1 heterocycles. The highest BCUT2D eigenvalue weighted by atomic mass is 16.6. The second-order valence-electron chi connectivity index (χ2n) is 4.98. The zero-order valence-electron chi connectivity index (χ0n) is 12.5. The third-order valence-electron chi connectivity index (χ3n) is 3.21. The summed E-state index contributed by atoms with van der Waals surface area (Å²) in [4.78, 5) is 10.5. The summed E-state index contributed by atoms with van der Waals surface area (Å²) in [6.07, 6.45) is 7.20. The topological polar surface area (TPSA) is 93.2 Å². The van der Waals surface area contributed by atoms with Crippen LogP contribution in [0.1, 0.15) is 30.7 Å². The average Bonchev–Trinajstić information content (AvgIpc) is 2.68. The Morgan fingerprint density at radius 2 is 2.24 bits per heavy atom. The molecule has 1 aromatic rings. The largest absolute Gasteiger partial charge is 0.390 e. The maximum atomic E-state index is 10.9. The van der Waals surface area contributed by atoms with Crippen LogP contribution in [0.3, 0.4) is 0 Å². The van der Waals surface area contributed by atoms with Crippen LogP contribution in [0.2, 0.25) is 0 Å². The van der Waals surface area contributed by atoms with Crippen LogP contribution in [-0.2, 0) is 6.54 Å². The third-order valence-corrected chi connectivity index (χ3v) is 3.21. The summed E-state index contributed by atoms with van der Waals surface area (Å²) in [5, 5.41) is 28.1. The van der Waals surface area contributed by atoms with Crippen LogP contribution < -0.4 is 5.32 Å². The molecule has 0 fully saturated rings. The van der Waals surface area contributed by atoms with Gasteiger partial charge in [-0.25, -0.2) is 0 Å². The summed E-state index contributed by atoms with van der Waals surface area (Å²) >= 11 is 0. The van der Waals surface area contributed by atoms with Crippen molar-refractivity contribution < 1.29 is 10.0 Å². The molecule has 0 saturated carbocycles. The predicted octanol–water partition coefficient (Wildman–Crippen LogP) is 1.16. The van der Waals surface area contributed by atoms with Gasteiger partial charge in [0.15, 0.2) is 0 Å². The standard InChI is InChI=1S/C14H22N4O3/c1-4-5-6-7-8-15-9-13(19)10-17-12(3)14(18(20)21)11(2)16-17/h1,13,15,19H,5-10H2,2-3H3. The normalized spacial score (nSPS) is 12.1. The van der Waals surface area contributed by atoms with Crippen LogP contribution in [0.15, 0.2) is 0 Å². The van der Waals surface area contributed by atoms with Crippen LogP contribution in [-0.4, -0.2) is 39.0 Å². The lowest BCUT2D eigenvalue weighted by Crippen LogP contribution is -2.31. The number of rotatable bonds is 9. The smallest absolute Gasteiger partial charge is 0.312 e. The van der Waals surface area contributed by atoms with Crippen molar-refractivity contribution in [2.75, 3.05) is 13.1 Å². The second-order valence-corrected chi connectivity index (χ2v) is 4.98. The summed E-state index contributed by atoms with van der Waals surface area (Å²) in [7, 11) is 0. The first-order valence-electron chi connectivity index (χ1n) is 6.98. The van der Waals surface area contributed by atoms with E-state index in [1.165, 1.54) is 4.68 Å². The molecule has 1 aromatic heterocycles. The molecule has 0 aliphatic carbocycles. The number of aryl methyl sites for hydroxylation is 1. The molecule has 7 heteroatoms. The number of terminal acetylenes is 1. The van der Waals surface area contributed by atoms with Crippen LogP contribution in [0.25, 0.3) is 0 Å². The highest BCUT2D eigenvalue weighted by molar-refractivity contribution is 5.39. The summed E-state index contributed by atoms with van der Waals surface area (Å²) in [5.74, 6) is 2.58. The highest BCUT2D eigenvalue weighted by Crippen LogP contribution is 2.21. The van der Waals surface area contributed by atoms with E-state index in [1.54, 1.807) is 13.8 Å². The number of hydrogen-bond donors (Lipinski definition) is 2. The van der Waals surface area contributed by atoms with E-state index in [1.807, 2.05) is 0 Å². The van der Waals surface area contributed by atoms with Crippen LogP contribution in [0.4, 0.5) is 5.69 Å². The number of aromatic nitrogens is 2. The lowest BCUT2D eigenvalue weighted by atomic mass is 10.2. The van der Waals surface area contributed by atoms with Gasteiger partial charge in [0.1, 0.15) is 11.4 Å². The van der Waals surface area contributed by atoms with Crippen molar-refractivity contribution in [2.24, 2.45) is 0 Å². The van der Waals surface area contributed by atoms with E-state index >= 15 is 0 Å². The van der Waals surface area contributed by atoms with Crippen LogP contribution >= 0.6 is 0 Å². The molecule has 0 saturated heterocycles. The zero-order chi connectivity index (χ0) is 15.8. The van der Waals surface area contributed by atoms with Gasteiger partial charge in [0.25, 0.3) is 0 Å². The molecule has 0 aromatic carbocycles. The Labute approximate surface area is 124 Å². The predicted molar refractivity (Wildman–Crippen MR) is 79.9 cm³/mol. The molecule has 0 radical (unpaired) electrons. The van der Waals surface area contributed by atoms with Gasteiger partial charge >= 0.3 is 5.69 Å². The van der Waals surface area contributed by atoms with Crippen molar-refractivity contribution in [3.63, 3.8) is 0 Å². The zero-order valence-corrected chi connectivity index (χ0v) is 12.5. The summed E-state index contributed by atoms with van der Waals surface area (Å²) in [5.41, 5.74) is 0.849. The first-order chi connectivity index (χ1) is 9.97. The van der Waals surface area contributed by atoms with Gasteiger partial charge in [-0.3, -0.25) is 14.8 Å². The maximum absolute atomic E-state index is 10.9. The fourth-order valence-corrected chi connectivity index (χ4v) is 2.14. The van der Waals surface area contributed by atoms with E-state index in [4.69, 9.17) is 6.42 Å². The monoisotopic (exact) mass is 294 g/mol. The minimum Gasteiger partial charge on any atom is -0.390 e. The van der Waals surface area contributed by atoms with Crippen molar-refractivity contribution >= 4 is 5.69 Å². The number of aliphatic hydroxyl groups excluding tert-OH is 1. The van der Waals surface area contributed by atoms with Gasteiger partial charge in [0.2, 0.25) is 0 Å². The SMILES string of the molecule is C#CCCCCNCC(O)Cn1nc(C)c([N+](=O)[O-])c1C. The van der Waals surface area contributed by atoms with Gasteiger partial charge in [0.05, 0.1) is 17.6 Å². The Bertz CT molecular complexity index is 519. The molecule has 1 rings (SSSR count). The van der Waals surface area contributed by atoms with Crippen LogP contribution in [0.5, 0.6) is 0 Å². The first kappa shape index (κ1) is 17.1. The molecular formula is C14H22N4O3. The van der Waals surface area contributed by atoms with E-state index in [9.17, 15) is 15.2 Å². The molecule has 21 heavy (non-hydrogen) atoms. The number of nitro groups is 1. The summed E-state index contributed by atoms with van der Waals surface area (Å²) in [6.45, 7) is 4.67. The Balaban J connectivity index is 2.42. The van der Waals surface area contributed by atoms with Crippen molar-refractivity contribution in [3.05, 3.63) is 21.5 Å². The Morgan fingerprint density at radius 3 is 2.81 bits per heavy atom. The number of aliphatic hydroxyl groups is 1. The van der Waals surface area contributed by atoms with Crippen molar-refractivity contribution in [1.82, 2.24) is 15.1 Å². The number of hydrogen-bond acceptors (Lipinski definition) is 5. The Kier molecular flexibility index (Phi) is 6.85. The third kappa shape index (κ3) is 5.17. The molecule has 0 amide bonds. The van der Waals surface area contributed by atoms with Gasteiger partial charge in [-0.2, -0.15) is 5.10 Å². The van der Waals surface area contributed by atoms with E-state index in [2.05, 4.69) is 16.3 Å². The van der Waals surface area contributed by atoms with Gasteiger partial charge < -0.3 is 10.4 Å². The quantitative estimate of drug-likeness (QED) is 0.308. The maximum Gasteiger partial charge on any atom is 0.312 e. The summed E-state index contributed by atoms with van der Waals surface area (Å²) in [6, 6.07) is 0. The van der Waals surface area contributed by atoms with Gasteiger partial charge in [-0.05, 0) is 33.2 Å². The number of nitrogens with zero attached hydrogens (tertiary/aromatic N) is 3. The highest BCUT2D eigenvalue weighted by Gasteiger charge is 2.22. The molecule has 0 bridgehead atoms. The molecule has 2 N–H and O–H groups in total. The van der Waals surface area contributed by atoms with E-state index in [0.717, 1.165) is 25.8 Å². The number of nitrogens with one attached hydrogen (secondary N) is 1. The number of unbranched alkanes of at least 4 members (excludes halogenated alkanes) is 2. The molecular weight excluding hydrogens is 272 g/mol. The van der Waals surface area contributed by atoms with Crippen molar-refractivity contribution in [3.8, 4) is 12.3 Å². The Hall–Kier alpha value is -1.91. The fourth-order valence-electron chi connectivity index (χ4n) is 2.14. The summed E-state index contributed by atoms with van der Waals surface area (Å²) < 4.78 is 1.48. The second kappa shape index (κ2) is 8.39. The molecule has 116 valence electrons. The molecule has 0 aliphatic rings. The molecule has 1 atom stereocenters. The van der Waals surface area contributed by atoms with Gasteiger partial charge in [-0.1, -0.05) is 0 Å². The minimum absolute atomic E-state index is 0.0180. The molecule has 1 unspecified atom stereocenters. The Morgan fingerprint density at radius 1 is 1.52 bits per heavy atom. The molecule has 7 nitrogen and oxygen atoms in total. The first-order valence-corrected chi connectivity index (χ1v) is 6.98. The van der Waals surface area contributed by atoms with Crippen molar-refractivity contribution in [1.29, 1.82) is 0 Å². The lowest BCUT2D eigenvalue weighted by molar-refractivity contribution is -0.386. The average molecular weight is 294 g/mol. The minimum atomic E-state index is -0.643. The fraction of sp³-hybridized carbons (Fsp3) is 0.643. The van der Waals surface area contributed by atoms with Gasteiger partial charge in [-0.15, -0.1) is 12.3 Å². The van der Waals surface area contributed by atoms with E-state index in [-0.39, 0.29) is 12.2 Å². The molecule has 0 aliphatic heterocycles. The lowest BCUT2D eigenvalue weighted by Gasteiger charge is -2.12. The van der Waals surface area contributed by atoms with E-state index < -0.39 is 11.0 Å². The van der Waals surface area contributed by atoms with Gasteiger partial charge in [0, 0.05) is 13.0 Å². The van der Waals surface area contributed by atoms with Crippen molar-refractivity contribution in [2.45, 2.75) is 45.8 Å².